The lowest BCUT2D eigenvalue weighted by Crippen LogP contribution is -2.50. The van der Waals surface area contributed by atoms with Crippen LogP contribution in [-0.4, -0.2) is 67.6 Å². The Morgan fingerprint density at radius 3 is 2.74 bits per heavy atom. The third-order valence-corrected chi connectivity index (χ3v) is 7.54. The zero-order valence-corrected chi connectivity index (χ0v) is 20.5. The molecule has 10 nitrogen and oxygen atoms in total. The third kappa shape index (κ3) is 5.99. The van der Waals surface area contributed by atoms with Gasteiger partial charge in [-0.05, 0) is 43.5 Å². The minimum absolute atomic E-state index is 0.104. The highest BCUT2D eigenvalue weighted by Crippen LogP contribution is 2.28. The summed E-state index contributed by atoms with van der Waals surface area (Å²) in [5.41, 5.74) is 1.58. The van der Waals surface area contributed by atoms with Gasteiger partial charge in [0, 0.05) is 18.2 Å². The summed E-state index contributed by atoms with van der Waals surface area (Å²) < 4.78 is 46.7. The monoisotopic (exact) mass is 502 g/mol. The Labute approximate surface area is 204 Å². The van der Waals surface area contributed by atoms with Crippen LogP contribution in [-0.2, 0) is 21.3 Å². The van der Waals surface area contributed by atoms with Crippen molar-refractivity contribution in [2.45, 2.75) is 49.0 Å². The van der Waals surface area contributed by atoms with E-state index in [0.29, 0.717) is 37.3 Å². The standard InChI is InChI=1S/C24H30N4O6S/c1-32-18-6-5-7-19(14-18)35(30,31)26-21-11-10-17(34-24(21)16-29)12-13-28-15-22(25-27-28)20-8-3-4-9-23(20)33-2/h3-9,14-15,17,21,24,26,29H,10-13,16H2,1-2H3/t17-,21+,24+/m0/s1. The van der Waals surface area contributed by atoms with Crippen LogP contribution in [0.2, 0.25) is 0 Å². The van der Waals surface area contributed by atoms with Gasteiger partial charge in [-0.1, -0.05) is 23.4 Å². The number of hydrogen-bond donors (Lipinski definition) is 2. The van der Waals surface area contributed by atoms with Crippen molar-refractivity contribution in [3.05, 3.63) is 54.7 Å². The Morgan fingerprint density at radius 1 is 1.14 bits per heavy atom. The minimum atomic E-state index is -3.79. The van der Waals surface area contributed by atoms with E-state index in [1.165, 1.54) is 19.2 Å². The Hall–Kier alpha value is -2.99. The largest absolute Gasteiger partial charge is 0.497 e. The van der Waals surface area contributed by atoms with E-state index in [2.05, 4.69) is 15.0 Å². The molecule has 0 aliphatic carbocycles. The third-order valence-electron chi connectivity index (χ3n) is 6.06. The van der Waals surface area contributed by atoms with Crippen LogP contribution in [0.3, 0.4) is 0 Å². The fourth-order valence-electron chi connectivity index (χ4n) is 4.18. The number of nitrogens with zero attached hydrogens (tertiary/aromatic N) is 3. The van der Waals surface area contributed by atoms with Crippen LogP contribution in [0, 0.1) is 0 Å². The normalized spacial score (nSPS) is 20.5. The van der Waals surface area contributed by atoms with Crippen LogP contribution in [0.15, 0.2) is 59.6 Å². The van der Waals surface area contributed by atoms with Crippen LogP contribution in [0.25, 0.3) is 11.3 Å². The molecular formula is C24H30N4O6S. The fourth-order valence-corrected chi connectivity index (χ4v) is 5.51. The maximum atomic E-state index is 12.9. The number of ether oxygens (including phenoxy) is 3. The number of methoxy groups -OCH3 is 2. The number of aryl methyl sites for hydroxylation is 1. The van der Waals surface area contributed by atoms with E-state index in [0.717, 1.165) is 11.3 Å². The van der Waals surface area contributed by atoms with Gasteiger partial charge in [-0.2, -0.15) is 0 Å². The molecule has 2 heterocycles. The molecule has 2 aromatic carbocycles. The molecule has 11 heteroatoms. The van der Waals surface area contributed by atoms with Crippen molar-refractivity contribution in [1.82, 2.24) is 19.7 Å². The SMILES string of the molecule is COc1cccc(S(=O)(=O)N[C@@H]2CC[C@@H](CCn3cc(-c4ccccc4OC)nn3)O[C@@H]2CO)c1. The summed E-state index contributed by atoms with van der Waals surface area (Å²) in [5.74, 6) is 1.18. The van der Waals surface area contributed by atoms with Crippen molar-refractivity contribution in [3.63, 3.8) is 0 Å². The first-order valence-corrected chi connectivity index (χ1v) is 12.9. The van der Waals surface area contributed by atoms with Crippen LogP contribution in [0.4, 0.5) is 0 Å². The highest BCUT2D eigenvalue weighted by Gasteiger charge is 2.34. The van der Waals surface area contributed by atoms with Crippen LogP contribution in [0.1, 0.15) is 19.3 Å². The summed E-state index contributed by atoms with van der Waals surface area (Å²) in [7, 11) is -0.694. The number of rotatable bonds is 10. The first kappa shape index (κ1) is 25.1. The van der Waals surface area contributed by atoms with Crippen molar-refractivity contribution in [2.75, 3.05) is 20.8 Å². The number of sulfonamides is 1. The molecule has 35 heavy (non-hydrogen) atoms. The van der Waals surface area contributed by atoms with E-state index in [-0.39, 0.29) is 17.6 Å². The van der Waals surface area contributed by atoms with E-state index in [1.807, 2.05) is 30.5 Å². The average Bonchev–Trinajstić information content (AvgIpc) is 3.36. The second kappa shape index (κ2) is 11.2. The maximum absolute atomic E-state index is 12.9. The summed E-state index contributed by atoms with van der Waals surface area (Å²) in [6.45, 7) is 0.286. The molecule has 1 aromatic heterocycles. The van der Waals surface area contributed by atoms with Gasteiger partial charge in [0.15, 0.2) is 0 Å². The fraction of sp³-hybridized carbons (Fsp3) is 0.417. The average molecular weight is 503 g/mol. The highest BCUT2D eigenvalue weighted by atomic mass is 32.2. The van der Waals surface area contributed by atoms with Gasteiger partial charge in [0.2, 0.25) is 10.0 Å². The lowest BCUT2D eigenvalue weighted by Gasteiger charge is -2.36. The van der Waals surface area contributed by atoms with Crippen molar-refractivity contribution in [3.8, 4) is 22.8 Å². The Bertz CT molecular complexity index is 1230. The predicted molar refractivity (Wildman–Crippen MR) is 129 cm³/mol. The molecule has 3 aromatic rings. The molecule has 188 valence electrons. The van der Waals surface area contributed by atoms with Crippen molar-refractivity contribution in [2.24, 2.45) is 0 Å². The van der Waals surface area contributed by atoms with Gasteiger partial charge < -0.3 is 19.3 Å². The number of benzene rings is 2. The lowest BCUT2D eigenvalue weighted by atomic mass is 9.98. The van der Waals surface area contributed by atoms with Crippen molar-refractivity contribution < 1.29 is 27.7 Å². The first-order valence-electron chi connectivity index (χ1n) is 11.4. The van der Waals surface area contributed by atoms with E-state index in [9.17, 15) is 13.5 Å². The number of nitrogens with one attached hydrogen (secondary N) is 1. The second-order valence-electron chi connectivity index (χ2n) is 8.32. The molecule has 0 saturated carbocycles. The summed E-state index contributed by atoms with van der Waals surface area (Å²) in [6.07, 6.45) is 2.92. The molecule has 0 radical (unpaired) electrons. The molecule has 1 aliphatic heterocycles. The van der Waals surface area contributed by atoms with Gasteiger partial charge in [0.05, 0.1) is 50.2 Å². The number of aliphatic hydroxyl groups excluding tert-OH is 1. The summed E-state index contributed by atoms with van der Waals surface area (Å²) in [6, 6.07) is 13.3. The first-order chi connectivity index (χ1) is 16.9. The molecule has 1 saturated heterocycles. The molecule has 2 N–H and O–H groups in total. The zero-order valence-electron chi connectivity index (χ0n) is 19.7. The second-order valence-corrected chi connectivity index (χ2v) is 10.0. The molecule has 0 bridgehead atoms. The smallest absolute Gasteiger partial charge is 0.241 e. The number of para-hydroxylation sites is 1. The molecule has 0 unspecified atom stereocenters. The van der Waals surface area contributed by atoms with Gasteiger partial charge in [0.25, 0.3) is 0 Å². The lowest BCUT2D eigenvalue weighted by molar-refractivity contribution is -0.0891. The highest BCUT2D eigenvalue weighted by molar-refractivity contribution is 7.89. The van der Waals surface area contributed by atoms with Gasteiger partial charge in [-0.15, -0.1) is 5.10 Å². The molecule has 1 fully saturated rings. The Kier molecular flexibility index (Phi) is 8.01. The number of aliphatic hydroxyl groups is 1. The maximum Gasteiger partial charge on any atom is 0.241 e. The topological polar surface area (TPSA) is 125 Å². The Balaban J connectivity index is 1.35. The van der Waals surface area contributed by atoms with Gasteiger partial charge in [-0.3, -0.25) is 4.68 Å². The predicted octanol–water partition coefficient (Wildman–Crippen LogP) is 2.24. The van der Waals surface area contributed by atoms with Crippen molar-refractivity contribution >= 4 is 10.0 Å². The number of hydrogen-bond acceptors (Lipinski definition) is 8. The molecule has 0 spiro atoms. The minimum Gasteiger partial charge on any atom is -0.497 e. The number of aromatic nitrogens is 3. The molecular weight excluding hydrogens is 472 g/mol. The quantitative estimate of drug-likeness (QED) is 0.433. The van der Waals surface area contributed by atoms with E-state index in [1.54, 1.807) is 23.9 Å². The summed E-state index contributed by atoms with van der Waals surface area (Å²) >= 11 is 0. The molecule has 4 rings (SSSR count). The van der Waals surface area contributed by atoms with Gasteiger partial charge in [0.1, 0.15) is 17.2 Å². The zero-order chi connectivity index (χ0) is 24.8. The van der Waals surface area contributed by atoms with E-state index < -0.39 is 22.2 Å². The van der Waals surface area contributed by atoms with E-state index in [4.69, 9.17) is 14.2 Å². The van der Waals surface area contributed by atoms with Crippen LogP contribution < -0.4 is 14.2 Å². The van der Waals surface area contributed by atoms with Gasteiger partial charge >= 0.3 is 0 Å². The molecule has 3 atom stereocenters. The molecule has 0 amide bonds. The molecule has 1 aliphatic rings. The van der Waals surface area contributed by atoms with Gasteiger partial charge in [-0.25, -0.2) is 13.1 Å². The van der Waals surface area contributed by atoms with Crippen molar-refractivity contribution in [1.29, 1.82) is 0 Å². The van der Waals surface area contributed by atoms with E-state index >= 15 is 0 Å². The van der Waals surface area contributed by atoms with Crippen LogP contribution in [0.5, 0.6) is 11.5 Å². The van der Waals surface area contributed by atoms with Crippen LogP contribution >= 0.6 is 0 Å². The summed E-state index contributed by atoms with van der Waals surface area (Å²) in [4.78, 5) is 0.104. The summed E-state index contributed by atoms with van der Waals surface area (Å²) in [5, 5.41) is 18.3. The Morgan fingerprint density at radius 2 is 1.97 bits per heavy atom.